The molecular weight excluding hydrogens is 248 g/mol. The van der Waals surface area contributed by atoms with Crippen LogP contribution in [0.15, 0.2) is 24.3 Å². The van der Waals surface area contributed by atoms with Gasteiger partial charge in [-0.25, -0.2) is 8.42 Å². The molecule has 18 heavy (non-hydrogen) atoms. The second kappa shape index (κ2) is 5.28. The van der Waals surface area contributed by atoms with Crippen molar-refractivity contribution in [3.63, 3.8) is 0 Å². The van der Waals surface area contributed by atoms with Crippen LogP contribution in [-0.2, 0) is 16.4 Å². The summed E-state index contributed by atoms with van der Waals surface area (Å²) < 4.78 is 26.6. The monoisotopic (exact) mass is 268 g/mol. The molecule has 1 aromatic rings. The zero-order valence-electron chi connectivity index (χ0n) is 10.9. The Morgan fingerprint density at radius 2 is 2.11 bits per heavy atom. The largest absolute Gasteiger partial charge is 0.318 e. The molecule has 1 unspecified atom stereocenters. The van der Waals surface area contributed by atoms with Crippen LogP contribution in [-0.4, -0.2) is 33.8 Å². The van der Waals surface area contributed by atoms with E-state index in [1.807, 2.05) is 24.3 Å². The molecule has 5 heteroatoms. The van der Waals surface area contributed by atoms with Crippen LogP contribution in [0.2, 0.25) is 0 Å². The number of benzene rings is 1. The van der Waals surface area contributed by atoms with E-state index in [1.54, 1.807) is 18.3 Å². The summed E-state index contributed by atoms with van der Waals surface area (Å²) in [5, 5.41) is 2.52. The third-order valence-corrected chi connectivity index (χ3v) is 5.55. The van der Waals surface area contributed by atoms with Gasteiger partial charge in [-0.3, -0.25) is 4.31 Å². The van der Waals surface area contributed by atoms with E-state index >= 15 is 0 Å². The minimum absolute atomic E-state index is 0.409. The molecule has 4 nitrogen and oxygen atoms in total. The van der Waals surface area contributed by atoms with E-state index in [-0.39, 0.29) is 0 Å². The topological polar surface area (TPSA) is 49.4 Å². The number of nitrogens with zero attached hydrogens (tertiary/aromatic N) is 1. The average molecular weight is 268 g/mol. The molecule has 0 saturated carbocycles. The first-order valence-electron chi connectivity index (χ1n) is 6.31. The number of rotatable bonds is 4. The Hall–Kier alpha value is -1.07. The summed E-state index contributed by atoms with van der Waals surface area (Å²) in [6.07, 6.45) is 1.85. The van der Waals surface area contributed by atoms with Crippen molar-refractivity contribution in [3.8, 4) is 0 Å². The standard InChI is InChI=1S/C13H20N2O2S/c1-11(10-14-2)18(16,17)15-9-5-7-12-6-3-4-8-13(12)15/h3-4,6,8,11,14H,5,7,9-10H2,1-2H3. The first-order chi connectivity index (χ1) is 8.57. The fourth-order valence-electron chi connectivity index (χ4n) is 2.37. The van der Waals surface area contributed by atoms with Gasteiger partial charge in [-0.1, -0.05) is 18.2 Å². The Morgan fingerprint density at radius 1 is 1.39 bits per heavy atom. The van der Waals surface area contributed by atoms with Crippen LogP contribution >= 0.6 is 0 Å². The quantitative estimate of drug-likeness (QED) is 0.897. The highest BCUT2D eigenvalue weighted by Crippen LogP contribution is 2.30. The lowest BCUT2D eigenvalue weighted by Gasteiger charge is -2.32. The Morgan fingerprint density at radius 3 is 2.83 bits per heavy atom. The normalized spacial score (nSPS) is 17.3. The van der Waals surface area contributed by atoms with Gasteiger partial charge in [0.25, 0.3) is 0 Å². The molecule has 100 valence electrons. The van der Waals surface area contributed by atoms with Crippen molar-refractivity contribution in [1.82, 2.24) is 5.32 Å². The molecule has 0 bridgehead atoms. The van der Waals surface area contributed by atoms with Gasteiger partial charge in [0.15, 0.2) is 0 Å². The maximum atomic E-state index is 12.5. The Kier molecular flexibility index (Phi) is 3.92. The minimum Gasteiger partial charge on any atom is -0.318 e. The zero-order valence-corrected chi connectivity index (χ0v) is 11.7. The summed E-state index contributed by atoms with van der Waals surface area (Å²) in [5.74, 6) is 0. The van der Waals surface area contributed by atoms with Gasteiger partial charge in [0, 0.05) is 13.1 Å². The van der Waals surface area contributed by atoms with Gasteiger partial charge in [0.1, 0.15) is 0 Å². The number of hydrogen-bond acceptors (Lipinski definition) is 3. The van der Waals surface area contributed by atoms with Gasteiger partial charge >= 0.3 is 0 Å². The van der Waals surface area contributed by atoms with Gasteiger partial charge in [0.05, 0.1) is 10.9 Å². The van der Waals surface area contributed by atoms with Crippen molar-refractivity contribution in [1.29, 1.82) is 0 Å². The van der Waals surface area contributed by atoms with Crippen LogP contribution in [0.4, 0.5) is 5.69 Å². The Labute approximate surface area is 109 Å². The summed E-state index contributed by atoms with van der Waals surface area (Å²) in [4.78, 5) is 0. The van der Waals surface area contributed by atoms with E-state index in [0.717, 1.165) is 24.1 Å². The highest BCUT2D eigenvalue weighted by Gasteiger charge is 2.31. The molecule has 1 aromatic carbocycles. The highest BCUT2D eigenvalue weighted by atomic mass is 32.2. The van der Waals surface area contributed by atoms with Crippen molar-refractivity contribution >= 4 is 15.7 Å². The number of sulfonamides is 1. The van der Waals surface area contributed by atoms with Crippen molar-refractivity contribution in [2.24, 2.45) is 0 Å². The van der Waals surface area contributed by atoms with Crippen LogP contribution < -0.4 is 9.62 Å². The zero-order chi connectivity index (χ0) is 13.2. The lowest BCUT2D eigenvalue weighted by molar-refractivity contribution is 0.569. The molecule has 1 atom stereocenters. The van der Waals surface area contributed by atoms with Crippen LogP contribution in [0.3, 0.4) is 0 Å². The van der Waals surface area contributed by atoms with E-state index < -0.39 is 15.3 Å². The molecule has 0 radical (unpaired) electrons. The van der Waals surface area contributed by atoms with E-state index in [1.165, 1.54) is 0 Å². The van der Waals surface area contributed by atoms with Gasteiger partial charge in [-0.2, -0.15) is 0 Å². The molecule has 0 aromatic heterocycles. The fraction of sp³-hybridized carbons (Fsp3) is 0.538. The molecule has 1 N–H and O–H groups in total. The maximum Gasteiger partial charge on any atom is 0.239 e. The lowest BCUT2D eigenvalue weighted by Crippen LogP contribution is -2.43. The Bertz CT molecular complexity index is 513. The summed E-state index contributed by atoms with van der Waals surface area (Å²) in [6.45, 7) is 2.82. The number of anilines is 1. The predicted molar refractivity (Wildman–Crippen MR) is 74.4 cm³/mol. The summed E-state index contributed by atoms with van der Waals surface area (Å²) in [6, 6.07) is 7.78. The molecule has 0 amide bonds. The highest BCUT2D eigenvalue weighted by molar-refractivity contribution is 7.93. The fourth-order valence-corrected chi connectivity index (χ4v) is 4.02. The van der Waals surface area contributed by atoms with Gasteiger partial charge < -0.3 is 5.32 Å². The molecule has 0 fully saturated rings. The van der Waals surface area contributed by atoms with Crippen molar-refractivity contribution in [2.45, 2.75) is 25.0 Å². The number of hydrogen-bond donors (Lipinski definition) is 1. The van der Waals surface area contributed by atoms with Crippen molar-refractivity contribution in [3.05, 3.63) is 29.8 Å². The molecule has 0 spiro atoms. The third kappa shape index (κ3) is 2.37. The summed E-state index contributed by atoms with van der Waals surface area (Å²) >= 11 is 0. The minimum atomic E-state index is -3.27. The van der Waals surface area contributed by atoms with Crippen LogP contribution in [0.25, 0.3) is 0 Å². The van der Waals surface area contributed by atoms with Crippen molar-refractivity contribution < 1.29 is 8.42 Å². The second-order valence-electron chi connectivity index (χ2n) is 4.72. The lowest BCUT2D eigenvalue weighted by atomic mass is 10.0. The van der Waals surface area contributed by atoms with Crippen molar-refractivity contribution in [2.75, 3.05) is 24.4 Å². The number of aryl methyl sites for hydroxylation is 1. The smallest absolute Gasteiger partial charge is 0.239 e. The van der Waals surface area contributed by atoms with E-state index in [4.69, 9.17) is 0 Å². The molecular formula is C13H20N2O2S. The molecule has 2 rings (SSSR count). The number of para-hydroxylation sites is 1. The molecule has 1 heterocycles. The van der Waals surface area contributed by atoms with Gasteiger partial charge in [-0.15, -0.1) is 0 Å². The van der Waals surface area contributed by atoms with E-state index in [9.17, 15) is 8.42 Å². The summed E-state index contributed by atoms with van der Waals surface area (Å²) in [5.41, 5.74) is 1.98. The van der Waals surface area contributed by atoms with E-state index in [0.29, 0.717) is 13.1 Å². The Balaban J connectivity index is 2.36. The third-order valence-electron chi connectivity index (χ3n) is 3.37. The first kappa shape index (κ1) is 13.4. The van der Waals surface area contributed by atoms with Crippen LogP contribution in [0.5, 0.6) is 0 Å². The predicted octanol–water partition coefficient (Wildman–Crippen LogP) is 1.38. The molecule has 1 aliphatic heterocycles. The molecule has 0 aliphatic carbocycles. The van der Waals surface area contributed by atoms with Gasteiger partial charge in [-0.05, 0) is 38.4 Å². The average Bonchev–Trinajstić information content (AvgIpc) is 2.38. The first-order valence-corrected chi connectivity index (χ1v) is 7.81. The number of fused-ring (bicyclic) bond motifs is 1. The molecule has 1 aliphatic rings. The number of nitrogens with one attached hydrogen (secondary N) is 1. The SMILES string of the molecule is CNCC(C)S(=O)(=O)N1CCCc2ccccc21. The molecule has 0 saturated heterocycles. The maximum absolute atomic E-state index is 12.5. The summed E-state index contributed by atoms with van der Waals surface area (Å²) in [7, 11) is -1.49. The second-order valence-corrected chi connectivity index (χ2v) is 6.99. The van der Waals surface area contributed by atoms with E-state index in [2.05, 4.69) is 5.32 Å². The van der Waals surface area contributed by atoms with Crippen LogP contribution in [0.1, 0.15) is 18.9 Å². The van der Waals surface area contributed by atoms with Gasteiger partial charge in [0.2, 0.25) is 10.0 Å². The van der Waals surface area contributed by atoms with Crippen LogP contribution in [0, 0.1) is 0 Å².